The van der Waals surface area contributed by atoms with Gasteiger partial charge in [0, 0.05) is 19.3 Å². The van der Waals surface area contributed by atoms with Crippen LogP contribution in [0.2, 0.25) is 0 Å². The Balaban J connectivity index is 1.41. The molecule has 0 saturated carbocycles. The van der Waals surface area contributed by atoms with Crippen LogP contribution >= 0.6 is 15.9 Å². The summed E-state index contributed by atoms with van der Waals surface area (Å²) in [5.74, 6) is -0.0296. The quantitative estimate of drug-likeness (QED) is 0.346. The van der Waals surface area contributed by atoms with Crippen LogP contribution in [0, 0.1) is 6.92 Å². The predicted octanol–water partition coefficient (Wildman–Crippen LogP) is 1.58. The number of nitrogens with one attached hydrogen (secondary N) is 1. The summed E-state index contributed by atoms with van der Waals surface area (Å²) >= 11 is 3.30. The number of hydrogen-bond donors (Lipinski definition) is 3. The van der Waals surface area contributed by atoms with Gasteiger partial charge in [-0.3, -0.25) is 9.20 Å². The van der Waals surface area contributed by atoms with Gasteiger partial charge in [0.25, 0.3) is 5.91 Å². The van der Waals surface area contributed by atoms with Crippen LogP contribution in [0.15, 0.2) is 22.9 Å². The molecule has 162 valence electrons. The van der Waals surface area contributed by atoms with Crippen LogP contribution in [-0.2, 0) is 18.4 Å². The van der Waals surface area contributed by atoms with Crippen LogP contribution in [0.25, 0.3) is 16.7 Å². The summed E-state index contributed by atoms with van der Waals surface area (Å²) in [5, 5.41) is 11.0. The van der Waals surface area contributed by atoms with E-state index in [1.807, 2.05) is 19.1 Å². The lowest BCUT2D eigenvalue weighted by Gasteiger charge is -2.15. The highest BCUT2D eigenvalue weighted by molar-refractivity contribution is 9.10. The molecule has 1 atom stereocenters. The number of ether oxygens (including phenoxy) is 1. The number of carbonyl (C=O) groups is 1. The first-order valence-corrected chi connectivity index (χ1v) is 10.3. The number of nitrogen functional groups attached to an aromatic ring is 2. The zero-order valence-corrected chi connectivity index (χ0v) is 18.8. The minimum absolute atomic E-state index is 0.237. The number of halogens is 1. The lowest BCUT2D eigenvalue weighted by Crippen LogP contribution is -2.36. The first kappa shape index (κ1) is 21.0. The number of benzene rings is 1. The van der Waals surface area contributed by atoms with Crippen molar-refractivity contribution in [3.05, 3.63) is 39.9 Å². The molecule has 0 spiro atoms. The van der Waals surface area contributed by atoms with E-state index >= 15 is 0 Å². The fourth-order valence-electron chi connectivity index (χ4n) is 3.41. The van der Waals surface area contributed by atoms with Gasteiger partial charge in [-0.1, -0.05) is 5.21 Å². The highest BCUT2D eigenvalue weighted by atomic mass is 79.9. The van der Waals surface area contributed by atoms with Crippen LogP contribution in [-0.4, -0.2) is 47.9 Å². The standard InChI is InChI=1S/C19H22BrN9O2/c1-9(7-31-8-11-4-12(21)15-13(5-11)28(3)27-26-15)23-19(30)16-10(2)24-18-17(22)25-14(20)6-29(16)18/h4-6,9H,7-8,21H2,1-3H3,(H2,22,25)(H,23,30)/t9-/m1/s1. The van der Waals surface area contributed by atoms with E-state index in [9.17, 15) is 4.79 Å². The number of aryl methyl sites for hydroxylation is 2. The number of rotatable bonds is 6. The van der Waals surface area contributed by atoms with Crippen molar-refractivity contribution in [1.82, 2.24) is 34.7 Å². The second-order valence-electron chi connectivity index (χ2n) is 7.34. The largest absolute Gasteiger partial charge is 0.397 e. The van der Waals surface area contributed by atoms with Crippen LogP contribution in [0.4, 0.5) is 11.5 Å². The average molecular weight is 488 g/mol. The Morgan fingerprint density at radius 2 is 2.10 bits per heavy atom. The highest BCUT2D eigenvalue weighted by Crippen LogP contribution is 2.21. The number of hydrogen-bond acceptors (Lipinski definition) is 8. The zero-order chi connectivity index (χ0) is 22.3. The summed E-state index contributed by atoms with van der Waals surface area (Å²) in [5.41, 5.74) is 16.3. The van der Waals surface area contributed by atoms with Gasteiger partial charge < -0.3 is 21.5 Å². The molecular weight excluding hydrogens is 466 g/mol. The van der Waals surface area contributed by atoms with Gasteiger partial charge in [0.05, 0.1) is 30.1 Å². The van der Waals surface area contributed by atoms with Crippen molar-refractivity contribution in [2.75, 3.05) is 18.1 Å². The monoisotopic (exact) mass is 487 g/mol. The Morgan fingerprint density at radius 3 is 2.87 bits per heavy atom. The molecule has 0 bridgehead atoms. The van der Waals surface area contributed by atoms with Gasteiger partial charge >= 0.3 is 0 Å². The summed E-state index contributed by atoms with van der Waals surface area (Å²) in [4.78, 5) is 21.3. The van der Waals surface area contributed by atoms with Crippen molar-refractivity contribution < 1.29 is 9.53 Å². The van der Waals surface area contributed by atoms with E-state index in [2.05, 4.69) is 41.5 Å². The third-order valence-corrected chi connectivity index (χ3v) is 5.20. The molecule has 3 heterocycles. The summed E-state index contributed by atoms with van der Waals surface area (Å²) in [6, 6.07) is 3.52. The maximum Gasteiger partial charge on any atom is 0.270 e. The minimum atomic E-state index is -0.273. The van der Waals surface area contributed by atoms with E-state index in [4.69, 9.17) is 16.2 Å². The maximum absolute atomic E-state index is 12.9. The number of nitrogens with zero attached hydrogens (tertiary/aromatic N) is 6. The molecule has 4 rings (SSSR count). The molecule has 5 N–H and O–H groups in total. The van der Waals surface area contributed by atoms with Crippen LogP contribution in [0.3, 0.4) is 0 Å². The van der Waals surface area contributed by atoms with Crippen LogP contribution in [0.5, 0.6) is 0 Å². The first-order valence-electron chi connectivity index (χ1n) is 9.51. The fraction of sp³-hybridized carbons (Fsp3) is 0.316. The number of anilines is 2. The van der Waals surface area contributed by atoms with E-state index in [1.54, 1.807) is 29.3 Å². The lowest BCUT2D eigenvalue weighted by atomic mass is 10.2. The van der Waals surface area contributed by atoms with Crippen LogP contribution in [0.1, 0.15) is 28.7 Å². The molecule has 0 unspecified atom stereocenters. The molecule has 0 aliphatic heterocycles. The Kier molecular flexibility index (Phi) is 5.50. The predicted molar refractivity (Wildman–Crippen MR) is 119 cm³/mol. The molecule has 11 nitrogen and oxygen atoms in total. The molecule has 4 aromatic rings. The van der Waals surface area contributed by atoms with E-state index < -0.39 is 0 Å². The van der Waals surface area contributed by atoms with Gasteiger partial charge in [-0.25, -0.2) is 14.6 Å². The van der Waals surface area contributed by atoms with E-state index in [1.165, 1.54) is 0 Å². The van der Waals surface area contributed by atoms with Crippen molar-refractivity contribution in [1.29, 1.82) is 0 Å². The van der Waals surface area contributed by atoms with Gasteiger partial charge in [0.15, 0.2) is 11.5 Å². The van der Waals surface area contributed by atoms with E-state index in [0.717, 1.165) is 11.1 Å². The number of amides is 1. The summed E-state index contributed by atoms with van der Waals surface area (Å²) in [6.45, 7) is 4.28. The third-order valence-electron chi connectivity index (χ3n) is 4.81. The normalized spacial score (nSPS) is 12.5. The molecular formula is C19H22BrN9O2. The average Bonchev–Trinajstić information content (AvgIpc) is 3.22. The lowest BCUT2D eigenvalue weighted by molar-refractivity contribution is 0.0815. The first-order chi connectivity index (χ1) is 14.7. The van der Waals surface area contributed by atoms with Crippen molar-refractivity contribution in [3.8, 4) is 0 Å². The smallest absolute Gasteiger partial charge is 0.270 e. The number of fused-ring (bicyclic) bond motifs is 2. The Morgan fingerprint density at radius 1 is 1.32 bits per heavy atom. The molecule has 0 aliphatic rings. The highest BCUT2D eigenvalue weighted by Gasteiger charge is 2.20. The third kappa shape index (κ3) is 4.03. The Bertz CT molecular complexity index is 1300. The number of aromatic nitrogens is 6. The van der Waals surface area contributed by atoms with Crippen molar-refractivity contribution >= 4 is 50.0 Å². The molecule has 0 radical (unpaired) electrons. The summed E-state index contributed by atoms with van der Waals surface area (Å²) in [6.07, 6.45) is 1.66. The molecule has 12 heteroatoms. The molecule has 0 aliphatic carbocycles. The molecule has 1 amide bonds. The zero-order valence-electron chi connectivity index (χ0n) is 17.3. The fourth-order valence-corrected chi connectivity index (χ4v) is 3.81. The van der Waals surface area contributed by atoms with Gasteiger partial charge in [0.2, 0.25) is 0 Å². The second kappa shape index (κ2) is 8.12. The van der Waals surface area contributed by atoms with Crippen molar-refractivity contribution in [3.63, 3.8) is 0 Å². The molecule has 0 saturated heterocycles. The number of imidazole rings is 1. The molecule has 0 fully saturated rings. The van der Waals surface area contributed by atoms with Crippen LogP contribution < -0.4 is 16.8 Å². The van der Waals surface area contributed by atoms with Crippen molar-refractivity contribution in [2.24, 2.45) is 7.05 Å². The maximum atomic E-state index is 12.9. The SMILES string of the molecule is Cc1nc2c(N)nc(Br)cn2c1C(=O)N[C@H](C)COCc1cc(N)c2nnn(C)c2c1. The van der Waals surface area contributed by atoms with Gasteiger partial charge in [-0.15, -0.1) is 5.10 Å². The number of carbonyl (C=O) groups excluding carboxylic acids is 1. The van der Waals surface area contributed by atoms with Gasteiger partial charge in [-0.05, 0) is 47.5 Å². The summed E-state index contributed by atoms with van der Waals surface area (Å²) < 4.78 is 9.60. The number of nitrogens with two attached hydrogens (primary N) is 2. The Labute approximate surface area is 185 Å². The minimum Gasteiger partial charge on any atom is -0.397 e. The topological polar surface area (TPSA) is 151 Å². The molecule has 1 aromatic carbocycles. The Hall–Kier alpha value is -3.25. The molecule has 3 aromatic heterocycles. The van der Waals surface area contributed by atoms with Gasteiger partial charge in [0.1, 0.15) is 15.8 Å². The summed E-state index contributed by atoms with van der Waals surface area (Å²) in [7, 11) is 1.81. The van der Waals surface area contributed by atoms with Crippen molar-refractivity contribution in [2.45, 2.75) is 26.5 Å². The molecule has 31 heavy (non-hydrogen) atoms. The second-order valence-corrected chi connectivity index (χ2v) is 8.16. The van der Waals surface area contributed by atoms with Gasteiger partial charge in [-0.2, -0.15) is 0 Å². The van der Waals surface area contributed by atoms with E-state index in [-0.39, 0.29) is 17.8 Å². The van der Waals surface area contributed by atoms with E-state index in [0.29, 0.717) is 46.1 Å².